The molecular formula is C15H10F3N3O. The fourth-order valence-electron chi connectivity index (χ4n) is 1.98. The van der Waals surface area contributed by atoms with E-state index in [0.717, 1.165) is 0 Å². The summed E-state index contributed by atoms with van der Waals surface area (Å²) < 4.78 is 39.4. The van der Waals surface area contributed by atoms with E-state index in [9.17, 15) is 23.2 Å². The fourth-order valence-corrected chi connectivity index (χ4v) is 1.98. The Morgan fingerprint density at radius 2 is 1.59 bits per heavy atom. The van der Waals surface area contributed by atoms with Gasteiger partial charge in [-0.25, -0.2) is 23.1 Å². The number of hydrogen-bond donors (Lipinski definition) is 0. The van der Waals surface area contributed by atoms with Crippen LogP contribution in [0.5, 0.6) is 0 Å². The van der Waals surface area contributed by atoms with E-state index in [2.05, 4.69) is 9.97 Å². The number of halogens is 3. The van der Waals surface area contributed by atoms with Crippen molar-refractivity contribution in [2.24, 2.45) is 0 Å². The second-order valence-corrected chi connectivity index (χ2v) is 4.69. The average Bonchev–Trinajstić information content (AvgIpc) is 2.43. The molecule has 0 spiro atoms. The van der Waals surface area contributed by atoms with Gasteiger partial charge in [0.05, 0.1) is 6.07 Å². The molecular weight excluding hydrogens is 295 g/mol. The van der Waals surface area contributed by atoms with Crippen LogP contribution < -0.4 is 0 Å². The number of hydrogen-bond acceptors (Lipinski definition) is 4. The second kappa shape index (κ2) is 5.93. The minimum atomic E-state index is -1.67. The van der Waals surface area contributed by atoms with Gasteiger partial charge in [0.2, 0.25) is 0 Å². The van der Waals surface area contributed by atoms with Crippen LogP contribution in [-0.4, -0.2) is 15.8 Å². The molecule has 0 saturated carbocycles. The van der Waals surface area contributed by atoms with Crippen molar-refractivity contribution in [3.63, 3.8) is 0 Å². The Kier molecular flexibility index (Phi) is 4.22. The van der Waals surface area contributed by atoms with Gasteiger partial charge in [-0.15, -0.1) is 0 Å². The van der Waals surface area contributed by atoms with Gasteiger partial charge in [0.25, 0.3) is 0 Å². The van der Waals surface area contributed by atoms with Crippen LogP contribution in [0.3, 0.4) is 0 Å². The lowest BCUT2D eigenvalue weighted by atomic mass is 9.97. The summed E-state index contributed by atoms with van der Waals surface area (Å²) in [5, 5.41) is 9.17. The van der Waals surface area contributed by atoms with Gasteiger partial charge < -0.3 is 0 Å². The lowest BCUT2D eigenvalue weighted by Crippen LogP contribution is -2.16. The van der Waals surface area contributed by atoms with E-state index in [-0.39, 0.29) is 5.82 Å². The Labute approximate surface area is 124 Å². The first-order valence-electron chi connectivity index (χ1n) is 6.24. The van der Waals surface area contributed by atoms with Crippen molar-refractivity contribution in [2.75, 3.05) is 0 Å². The third kappa shape index (κ3) is 2.96. The summed E-state index contributed by atoms with van der Waals surface area (Å²) in [5.41, 5.74) is 0.643. The van der Waals surface area contributed by atoms with Gasteiger partial charge >= 0.3 is 0 Å². The smallest absolute Gasteiger partial charge is 0.194 e. The molecule has 7 heteroatoms. The molecule has 0 aliphatic heterocycles. The average molecular weight is 305 g/mol. The number of Topliss-reactive ketones (excluding diaryl/α,β-unsaturated/α-hetero) is 1. The number of carbonyl (C=O) groups excluding carboxylic acids is 1. The van der Waals surface area contributed by atoms with Crippen molar-refractivity contribution in [1.82, 2.24) is 9.97 Å². The number of benzene rings is 1. The predicted molar refractivity (Wildman–Crippen MR) is 70.5 cm³/mol. The van der Waals surface area contributed by atoms with Crippen molar-refractivity contribution in [1.29, 1.82) is 5.26 Å². The van der Waals surface area contributed by atoms with Crippen LogP contribution in [0.4, 0.5) is 13.2 Å². The first-order valence-corrected chi connectivity index (χ1v) is 6.24. The predicted octanol–water partition coefficient (Wildman–Crippen LogP) is 3.00. The molecule has 1 atom stereocenters. The summed E-state index contributed by atoms with van der Waals surface area (Å²) in [5.74, 6) is -7.06. The third-order valence-corrected chi connectivity index (χ3v) is 2.92. The number of nitriles is 1. The Morgan fingerprint density at radius 3 is 2.05 bits per heavy atom. The Morgan fingerprint density at radius 1 is 1.09 bits per heavy atom. The maximum atomic E-state index is 13.2. The highest BCUT2D eigenvalue weighted by Gasteiger charge is 2.27. The lowest BCUT2D eigenvalue weighted by Gasteiger charge is -2.09. The van der Waals surface area contributed by atoms with Gasteiger partial charge in [-0.05, 0) is 32.0 Å². The highest BCUT2D eigenvalue weighted by Crippen LogP contribution is 2.21. The summed E-state index contributed by atoms with van der Waals surface area (Å²) in [6.45, 7) is 3.32. The zero-order valence-corrected chi connectivity index (χ0v) is 11.7. The number of aryl methyl sites for hydroxylation is 2. The van der Waals surface area contributed by atoms with Gasteiger partial charge in [0.1, 0.15) is 0 Å². The maximum Gasteiger partial charge on any atom is 0.194 e. The molecule has 0 aliphatic rings. The van der Waals surface area contributed by atoms with E-state index in [1.54, 1.807) is 26.0 Å². The van der Waals surface area contributed by atoms with E-state index < -0.39 is 34.7 Å². The quantitative estimate of drug-likeness (QED) is 0.646. The molecule has 1 aromatic carbocycles. The van der Waals surface area contributed by atoms with E-state index in [1.165, 1.54) is 0 Å². The van der Waals surface area contributed by atoms with Crippen LogP contribution in [-0.2, 0) is 0 Å². The Balaban J connectivity index is 2.48. The van der Waals surface area contributed by atoms with Crippen LogP contribution in [0.1, 0.15) is 33.5 Å². The van der Waals surface area contributed by atoms with Crippen LogP contribution in [0.2, 0.25) is 0 Å². The number of nitrogens with zero attached hydrogens (tertiary/aromatic N) is 3. The van der Waals surface area contributed by atoms with Crippen LogP contribution in [0.25, 0.3) is 0 Å². The zero-order chi connectivity index (χ0) is 16.4. The molecule has 2 rings (SSSR count). The van der Waals surface area contributed by atoms with Crippen molar-refractivity contribution in [3.05, 3.63) is 58.4 Å². The molecule has 22 heavy (non-hydrogen) atoms. The van der Waals surface area contributed by atoms with Crippen LogP contribution in [0, 0.1) is 42.6 Å². The Hall–Kier alpha value is -2.75. The van der Waals surface area contributed by atoms with E-state index in [0.29, 0.717) is 23.5 Å². The normalized spacial score (nSPS) is 11.8. The number of rotatable bonds is 3. The maximum absolute atomic E-state index is 13.2. The first kappa shape index (κ1) is 15.6. The largest absolute Gasteiger partial charge is 0.292 e. The van der Waals surface area contributed by atoms with Crippen molar-refractivity contribution >= 4 is 5.78 Å². The van der Waals surface area contributed by atoms with Gasteiger partial charge in [-0.1, -0.05) is 0 Å². The van der Waals surface area contributed by atoms with E-state index in [4.69, 9.17) is 0 Å². The molecule has 2 aromatic rings. The van der Waals surface area contributed by atoms with Gasteiger partial charge in [0, 0.05) is 17.0 Å². The second-order valence-electron chi connectivity index (χ2n) is 4.69. The lowest BCUT2D eigenvalue weighted by molar-refractivity contribution is 0.0975. The van der Waals surface area contributed by atoms with Gasteiger partial charge in [-0.3, -0.25) is 4.79 Å². The SMILES string of the molecule is Cc1cc(C)nc([C@@H](C#N)C(=O)c2cc(F)c(F)c(F)c2)n1. The molecule has 0 fully saturated rings. The summed E-state index contributed by atoms with van der Waals surface area (Å²) in [7, 11) is 0. The summed E-state index contributed by atoms with van der Waals surface area (Å²) in [4.78, 5) is 20.3. The first-order chi connectivity index (χ1) is 10.3. The fraction of sp³-hybridized carbons (Fsp3) is 0.200. The van der Waals surface area contributed by atoms with Crippen LogP contribution in [0.15, 0.2) is 18.2 Å². The van der Waals surface area contributed by atoms with Crippen LogP contribution >= 0.6 is 0 Å². The molecule has 0 aliphatic carbocycles. The monoisotopic (exact) mass is 305 g/mol. The molecule has 0 amide bonds. The summed E-state index contributed by atoms with van der Waals surface area (Å²) in [6.07, 6.45) is 0. The summed E-state index contributed by atoms with van der Waals surface area (Å²) in [6, 6.07) is 4.46. The molecule has 0 bridgehead atoms. The molecule has 112 valence electrons. The zero-order valence-electron chi connectivity index (χ0n) is 11.7. The molecule has 0 N–H and O–H groups in total. The number of aromatic nitrogens is 2. The minimum Gasteiger partial charge on any atom is -0.292 e. The Bertz CT molecular complexity index is 756. The highest BCUT2D eigenvalue weighted by molar-refractivity contribution is 6.02. The standard InChI is InChI=1S/C15H10F3N3O/c1-7-3-8(2)21-15(20-7)10(6-19)14(22)9-4-11(16)13(18)12(17)5-9/h3-5,10H,1-2H3/t10-/m0/s1. The van der Waals surface area contributed by atoms with E-state index in [1.807, 2.05) is 0 Å². The van der Waals surface area contributed by atoms with Gasteiger partial charge in [-0.2, -0.15) is 5.26 Å². The number of carbonyl (C=O) groups is 1. The van der Waals surface area contributed by atoms with Crippen molar-refractivity contribution in [2.45, 2.75) is 19.8 Å². The molecule has 1 aromatic heterocycles. The van der Waals surface area contributed by atoms with Gasteiger partial charge in [0.15, 0.2) is 35.0 Å². The van der Waals surface area contributed by atoms with Crippen molar-refractivity contribution in [3.8, 4) is 6.07 Å². The number of ketones is 1. The molecule has 4 nitrogen and oxygen atoms in total. The molecule has 0 unspecified atom stereocenters. The molecule has 0 radical (unpaired) electrons. The highest BCUT2D eigenvalue weighted by atomic mass is 19.2. The topological polar surface area (TPSA) is 66.6 Å². The molecule has 0 saturated heterocycles. The third-order valence-electron chi connectivity index (χ3n) is 2.92. The minimum absolute atomic E-state index is 0.0601. The van der Waals surface area contributed by atoms with E-state index >= 15 is 0 Å². The van der Waals surface area contributed by atoms with Crippen molar-refractivity contribution < 1.29 is 18.0 Å². The summed E-state index contributed by atoms with van der Waals surface area (Å²) >= 11 is 0. The molecule has 1 heterocycles.